The summed E-state index contributed by atoms with van der Waals surface area (Å²) in [7, 11) is 0. The highest BCUT2D eigenvalue weighted by atomic mass is 79.9. The van der Waals surface area contributed by atoms with E-state index in [2.05, 4.69) is 26.5 Å². The monoisotopic (exact) mass is 366 g/mol. The predicted octanol–water partition coefficient (Wildman–Crippen LogP) is 3.90. The average Bonchev–Trinajstić information content (AvgIpc) is 2.77. The molecule has 0 saturated carbocycles. The van der Waals surface area contributed by atoms with E-state index in [0.717, 1.165) is 15.1 Å². The Balaban J connectivity index is 1.78. The van der Waals surface area contributed by atoms with E-state index in [0.29, 0.717) is 11.5 Å². The highest BCUT2D eigenvalue weighted by Gasteiger charge is 2.03. The zero-order valence-corrected chi connectivity index (χ0v) is 14.1. The van der Waals surface area contributed by atoms with Crippen LogP contribution in [0.5, 0.6) is 0 Å². The van der Waals surface area contributed by atoms with Gasteiger partial charge in [-0.3, -0.25) is 4.79 Å². The lowest BCUT2D eigenvalue weighted by Crippen LogP contribution is -2.19. The molecule has 1 aromatic heterocycles. The van der Waals surface area contributed by atoms with Crippen LogP contribution in [-0.2, 0) is 4.79 Å². The van der Waals surface area contributed by atoms with Crippen LogP contribution in [0.3, 0.4) is 0 Å². The van der Waals surface area contributed by atoms with Gasteiger partial charge in [0.25, 0.3) is 0 Å². The van der Waals surface area contributed by atoms with Crippen molar-refractivity contribution in [1.82, 2.24) is 5.43 Å². The average molecular weight is 367 g/mol. The number of aryl methyl sites for hydroxylation is 2. The Bertz CT molecular complexity index is 631. The first kappa shape index (κ1) is 15.9. The summed E-state index contributed by atoms with van der Waals surface area (Å²) in [5.41, 5.74) is 3.68. The number of nitrogens with one attached hydrogen (secondary N) is 1. The molecule has 1 amide bonds. The summed E-state index contributed by atoms with van der Waals surface area (Å²) in [5.74, 6) is 1.53. The molecular formula is C15H15BrN2O2S. The van der Waals surface area contributed by atoms with Crippen molar-refractivity contribution in [3.63, 3.8) is 0 Å². The van der Waals surface area contributed by atoms with Crippen LogP contribution in [0.4, 0.5) is 0 Å². The van der Waals surface area contributed by atoms with Gasteiger partial charge in [-0.25, -0.2) is 5.43 Å². The topological polar surface area (TPSA) is 54.6 Å². The van der Waals surface area contributed by atoms with Crippen molar-refractivity contribution >= 4 is 39.8 Å². The highest BCUT2D eigenvalue weighted by molar-refractivity contribution is 9.10. The third-order valence-corrected chi connectivity index (χ3v) is 4.45. The lowest BCUT2D eigenvalue weighted by atomic mass is 10.2. The van der Waals surface area contributed by atoms with Crippen molar-refractivity contribution in [2.75, 3.05) is 5.75 Å². The molecule has 0 aliphatic carbocycles. The largest absolute Gasteiger partial charge is 0.459 e. The number of halogens is 1. The van der Waals surface area contributed by atoms with E-state index in [1.54, 1.807) is 6.07 Å². The fraction of sp³-hybridized carbons (Fsp3) is 0.200. The number of benzene rings is 1. The molecule has 6 heteroatoms. The third-order valence-electron chi connectivity index (χ3n) is 2.65. The molecular weight excluding hydrogens is 352 g/mol. The molecule has 0 radical (unpaired) electrons. The first-order valence-electron chi connectivity index (χ1n) is 6.32. The summed E-state index contributed by atoms with van der Waals surface area (Å²) < 4.78 is 6.26. The molecule has 110 valence electrons. The Morgan fingerprint density at radius 2 is 2.10 bits per heavy atom. The van der Waals surface area contributed by atoms with Gasteiger partial charge in [-0.05, 0) is 41.9 Å². The second-order valence-electron chi connectivity index (χ2n) is 4.45. The third kappa shape index (κ3) is 5.06. The minimum absolute atomic E-state index is 0.154. The van der Waals surface area contributed by atoms with E-state index in [9.17, 15) is 4.79 Å². The van der Waals surface area contributed by atoms with E-state index < -0.39 is 0 Å². The van der Waals surface area contributed by atoms with Gasteiger partial charge in [-0.2, -0.15) is 5.10 Å². The van der Waals surface area contributed by atoms with Crippen LogP contribution in [0, 0.1) is 13.8 Å². The summed E-state index contributed by atoms with van der Waals surface area (Å²) in [6.07, 6.45) is 1.48. The molecule has 0 aliphatic heterocycles. The zero-order chi connectivity index (χ0) is 15.2. The SMILES string of the molecule is Cc1ccc(SCC(=O)N/N=C\c2cc(Br)c(C)o2)cc1. The number of rotatable bonds is 5. The van der Waals surface area contributed by atoms with Crippen molar-refractivity contribution < 1.29 is 9.21 Å². The number of carbonyl (C=O) groups is 1. The van der Waals surface area contributed by atoms with E-state index in [4.69, 9.17) is 4.42 Å². The summed E-state index contributed by atoms with van der Waals surface area (Å²) in [6, 6.07) is 9.84. The summed E-state index contributed by atoms with van der Waals surface area (Å²) in [6.45, 7) is 3.88. The molecule has 0 spiro atoms. The van der Waals surface area contributed by atoms with Crippen molar-refractivity contribution in [1.29, 1.82) is 0 Å². The maximum Gasteiger partial charge on any atom is 0.250 e. The van der Waals surface area contributed by atoms with Crippen LogP contribution in [0.2, 0.25) is 0 Å². The second kappa shape index (κ2) is 7.47. The maximum absolute atomic E-state index is 11.7. The number of furan rings is 1. The van der Waals surface area contributed by atoms with E-state index in [1.165, 1.54) is 23.5 Å². The van der Waals surface area contributed by atoms with Crippen LogP contribution in [0.25, 0.3) is 0 Å². The van der Waals surface area contributed by atoms with Crippen molar-refractivity contribution in [2.45, 2.75) is 18.7 Å². The Morgan fingerprint density at radius 3 is 2.71 bits per heavy atom. The first-order valence-corrected chi connectivity index (χ1v) is 8.10. The Hall–Kier alpha value is -1.53. The molecule has 0 saturated heterocycles. The fourth-order valence-corrected chi connectivity index (χ4v) is 2.53. The molecule has 2 rings (SSSR count). The molecule has 0 bridgehead atoms. The lowest BCUT2D eigenvalue weighted by Gasteiger charge is -2.01. The summed E-state index contributed by atoms with van der Waals surface area (Å²) in [5, 5.41) is 3.87. The van der Waals surface area contributed by atoms with Crippen LogP contribution >= 0.6 is 27.7 Å². The molecule has 0 unspecified atom stereocenters. The second-order valence-corrected chi connectivity index (χ2v) is 6.35. The van der Waals surface area contributed by atoms with E-state index >= 15 is 0 Å². The lowest BCUT2D eigenvalue weighted by molar-refractivity contribution is -0.118. The van der Waals surface area contributed by atoms with Crippen LogP contribution in [-0.4, -0.2) is 17.9 Å². The Kier molecular flexibility index (Phi) is 5.64. The van der Waals surface area contributed by atoms with Crippen molar-refractivity contribution in [3.05, 3.63) is 51.9 Å². The maximum atomic E-state index is 11.7. The summed E-state index contributed by atoms with van der Waals surface area (Å²) >= 11 is 4.82. The van der Waals surface area contributed by atoms with Gasteiger partial charge >= 0.3 is 0 Å². The van der Waals surface area contributed by atoms with Gasteiger partial charge < -0.3 is 4.42 Å². The van der Waals surface area contributed by atoms with Gasteiger partial charge in [0.15, 0.2) is 0 Å². The van der Waals surface area contributed by atoms with Gasteiger partial charge in [0.2, 0.25) is 5.91 Å². The van der Waals surface area contributed by atoms with E-state index in [1.807, 2.05) is 38.1 Å². The van der Waals surface area contributed by atoms with Gasteiger partial charge in [-0.15, -0.1) is 11.8 Å². The van der Waals surface area contributed by atoms with Gasteiger partial charge in [-0.1, -0.05) is 17.7 Å². The molecule has 2 aromatic rings. The molecule has 0 atom stereocenters. The predicted molar refractivity (Wildman–Crippen MR) is 88.8 cm³/mol. The molecule has 1 aromatic carbocycles. The van der Waals surface area contributed by atoms with Crippen LogP contribution in [0.1, 0.15) is 17.1 Å². The molecule has 21 heavy (non-hydrogen) atoms. The Morgan fingerprint density at radius 1 is 1.38 bits per heavy atom. The van der Waals surface area contributed by atoms with E-state index in [-0.39, 0.29) is 5.91 Å². The number of thioether (sulfide) groups is 1. The van der Waals surface area contributed by atoms with Gasteiger partial charge in [0.1, 0.15) is 11.5 Å². The molecule has 1 N–H and O–H groups in total. The smallest absolute Gasteiger partial charge is 0.250 e. The number of hydrazone groups is 1. The molecule has 0 fully saturated rings. The summed E-state index contributed by atoms with van der Waals surface area (Å²) in [4.78, 5) is 12.7. The quantitative estimate of drug-likeness (QED) is 0.495. The fourth-order valence-electron chi connectivity index (χ4n) is 1.53. The number of carbonyl (C=O) groups excluding carboxylic acids is 1. The minimum atomic E-state index is -0.154. The Labute approximate surface area is 136 Å². The zero-order valence-electron chi connectivity index (χ0n) is 11.7. The highest BCUT2D eigenvalue weighted by Crippen LogP contribution is 2.19. The van der Waals surface area contributed by atoms with Crippen LogP contribution in [0.15, 0.2) is 49.2 Å². The molecule has 0 aliphatic rings. The standard InChI is InChI=1S/C15H15BrN2O2S/c1-10-3-5-13(6-4-10)21-9-15(19)18-17-8-12-7-14(16)11(2)20-12/h3-8H,9H2,1-2H3,(H,18,19)/b17-8-. The van der Waals surface area contributed by atoms with Gasteiger partial charge in [0, 0.05) is 11.0 Å². The molecule has 4 nitrogen and oxygen atoms in total. The first-order chi connectivity index (χ1) is 10.0. The van der Waals surface area contributed by atoms with Gasteiger partial charge in [0.05, 0.1) is 16.4 Å². The number of hydrogen-bond donors (Lipinski definition) is 1. The van der Waals surface area contributed by atoms with Crippen molar-refractivity contribution in [2.24, 2.45) is 5.10 Å². The number of hydrogen-bond acceptors (Lipinski definition) is 4. The normalized spacial score (nSPS) is 11.0. The minimum Gasteiger partial charge on any atom is -0.459 e. The van der Waals surface area contributed by atoms with Crippen molar-refractivity contribution in [3.8, 4) is 0 Å². The number of nitrogens with zero attached hydrogens (tertiary/aromatic N) is 1. The molecule has 1 heterocycles. The van der Waals surface area contributed by atoms with Crippen LogP contribution < -0.4 is 5.43 Å². The number of amides is 1.